The number of likely N-dealkylation sites (tertiary alicyclic amines) is 1. The number of fused-ring (bicyclic) bond motifs is 1. The Morgan fingerprint density at radius 1 is 1.23 bits per heavy atom. The summed E-state index contributed by atoms with van der Waals surface area (Å²) in [6.07, 6.45) is 7.39. The van der Waals surface area contributed by atoms with Gasteiger partial charge in [0.1, 0.15) is 0 Å². The van der Waals surface area contributed by atoms with Crippen LogP contribution in [0.4, 0.5) is 0 Å². The molecule has 3 atom stereocenters. The molecule has 2 unspecified atom stereocenters. The van der Waals surface area contributed by atoms with E-state index >= 15 is 0 Å². The smallest absolute Gasteiger partial charge is 0.0124 e. The number of rotatable bonds is 2. The first kappa shape index (κ1) is 9.51. The molecule has 1 heterocycles. The molecule has 2 aliphatic rings. The average Bonchev–Trinajstić information content (AvgIpc) is 2.55. The highest BCUT2D eigenvalue weighted by atomic mass is 15.2. The van der Waals surface area contributed by atoms with Crippen LogP contribution in [0.25, 0.3) is 0 Å². The molecule has 1 saturated carbocycles. The van der Waals surface area contributed by atoms with Crippen molar-refractivity contribution in [1.82, 2.24) is 4.90 Å². The lowest BCUT2D eigenvalue weighted by molar-refractivity contribution is 0.212. The molecule has 2 rings (SSSR count). The molecule has 0 spiro atoms. The van der Waals surface area contributed by atoms with E-state index in [1.54, 1.807) is 0 Å². The van der Waals surface area contributed by atoms with E-state index in [1.165, 1.54) is 45.2 Å². The van der Waals surface area contributed by atoms with Gasteiger partial charge in [-0.3, -0.25) is 0 Å². The Morgan fingerprint density at radius 2 is 2.00 bits per heavy atom. The van der Waals surface area contributed by atoms with Crippen molar-refractivity contribution in [1.29, 1.82) is 0 Å². The first-order valence-corrected chi connectivity index (χ1v) is 6.10. The maximum Gasteiger partial charge on any atom is 0.0124 e. The van der Waals surface area contributed by atoms with Gasteiger partial charge in [-0.1, -0.05) is 26.7 Å². The van der Waals surface area contributed by atoms with Crippen molar-refractivity contribution in [3.8, 4) is 0 Å². The second-order valence-electron chi connectivity index (χ2n) is 4.77. The van der Waals surface area contributed by atoms with Gasteiger partial charge in [0, 0.05) is 15.4 Å². The van der Waals surface area contributed by atoms with Crippen molar-refractivity contribution in [2.75, 3.05) is 13.1 Å². The summed E-state index contributed by atoms with van der Waals surface area (Å²) in [4.78, 5) is 2.72. The zero-order chi connectivity index (χ0) is 9.26. The Labute approximate surface area is 85.5 Å². The van der Waals surface area contributed by atoms with Gasteiger partial charge >= 0.3 is 0 Å². The highest BCUT2D eigenvalue weighted by Crippen LogP contribution is 2.41. The zero-order valence-corrected chi connectivity index (χ0v) is 9.13. The van der Waals surface area contributed by atoms with Gasteiger partial charge in [-0.2, -0.15) is 0 Å². The normalized spacial score (nSPS) is 40.6. The Hall–Kier alpha value is -0.0400. The fraction of sp³-hybridized carbons (Fsp3) is 1.00. The van der Waals surface area contributed by atoms with E-state index in [4.69, 9.17) is 0 Å². The van der Waals surface area contributed by atoms with E-state index in [2.05, 4.69) is 18.7 Å². The number of nitrogens with zero attached hydrogens (tertiary/aromatic N) is 1. The molecule has 80 valence electrons. The van der Waals surface area contributed by atoms with Crippen LogP contribution >= 0.6 is 0 Å². The van der Waals surface area contributed by atoms with Crippen molar-refractivity contribution in [3.63, 3.8) is 0 Å². The molecule has 1 saturated heterocycles. The van der Waals surface area contributed by atoms with Gasteiger partial charge in [0.15, 0.2) is 0 Å². The predicted molar refractivity (Wildman–Crippen MR) is 61.0 cm³/mol. The van der Waals surface area contributed by atoms with E-state index in [0.717, 1.165) is 17.9 Å². The third kappa shape index (κ3) is 1.63. The molecule has 1 nitrogen and oxygen atoms in total. The highest BCUT2D eigenvalue weighted by molar-refractivity contribution is 4.93. The average molecular weight is 185 g/mol. The number of hydrogen-bond donors (Lipinski definition) is 0. The maximum atomic E-state index is 2.72. The molecule has 0 amide bonds. The molecule has 0 aromatic carbocycles. The number of hydrogen-bond acceptors (Lipinski definition) is 1. The monoisotopic (exact) mass is 185 g/mol. The van der Waals surface area contributed by atoms with Crippen LogP contribution in [0.3, 0.4) is 0 Å². The first-order valence-electron chi connectivity index (χ1n) is 6.10. The van der Waals surface area contributed by atoms with Crippen LogP contribution in [-0.4, -0.2) is 24.0 Å². The summed E-state index contributed by atoms with van der Waals surface area (Å²) in [6, 6.07) is 0.926. The topological polar surface area (TPSA) is 3.24 Å². The van der Waals surface area contributed by atoms with Gasteiger partial charge in [-0.25, -0.2) is 0 Å². The molecule has 2 fully saturated rings. The zero-order valence-electron chi connectivity index (χ0n) is 9.13. The lowest BCUT2D eigenvalue weighted by atomic mass is 9.78. The standard InChI is InChI=1S/C12H23N.2H2/c1-3-12-11-8-6-5-7-10(11)9-13(12)4-2;;/h10-12H,3-9H2,1-2H3;2*1H/t10?,11?,12-;;/m1../s1. The predicted octanol–water partition coefficient (Wildman–Crippen LogP) is 3.40. The lowest BCUT2D eigenvalue weighted by Gasteiger charge is -2.29. The fourth-order valence-corrected chi connectivity index (χ4v) is 3.60. The van der Waals surface area contributed by atoms with Crippen molar-refractivity contribution in [2.24, 2.45) is 11.8 Å². The Bertz CT molecular complexity index is 171. The summed E-state index contributed by atoms with van der Waals surface area (Å²) in [5.74, 6) is 2.11. The molecular formula is C12H27N. The maximum absolute atomic E-state index is 2.72. The van der Waals surface area contributed by atoms with E-state index in [0.29, 0.717) is 0 Å². The van der Waals surface area contributed by atoms with E-state index in [-0.39, 0.29) is 2.85 Å². The van der Waals surface area contributed by atoms with E-state index in [9.17, 15) is 0 Å². The molecule has 1 heteroatoms. The largest absolute Gasteiger partial charge is 0.300 e. The molecule has 0 radical (unpaired) electrons. The van der Waals surface area contributed by atoms with Crippen LogP contribution in [0.1, 0.15) is 48.8 Å². The second-order valence-corrected chi connectivity index (χ2v) is 4.77. The SMILES string of the molecule is CC[C@@H]1C2CCCCC2CN1CC.[HH].[HH]. The molecule has 13 heavy (non-hydrogen) atoms. The Kier molecular flexibility index (Phi) is 2.92. The second kappa shape index (κ2) is 4.00. The molecular weight excluding hydrogens is 158 g/mol. The van der Waals surface area contributed by atoms with Crippen molar-refractivity contribution >= 4 is 0 Å². The Morgan fingerprint density at radius 3 is 2.69 bits per heavy atom. The summed E-state index contributed by atoms with van der Waals surface area (Å²) >= 11 is 0. The van der Waals surface area contributed by atoms with E-state index in [1.807, 2.05) is 0 Å². The molecule has 0 bridgehead atoms. The van der Waals surface area contributed by atoms with Crippen LogP contribution in [0.2, 0.25) is 0 Å². The summed E-state index contributed by atoms with van der Waals surface area (Å²) in [7, 11) is 0. The minimum absolute atomic E-state index is 0. The van der Waals surface area contributed by atoms with Gasteiger partial charge in [-0.15, -0.1) is 0 Å². The van der Waals surface area contributed by atoms with Crippen LogP contribution in [0, 0.1) is 11.8 Å². The van der Waals surface area contributed by atoms with Crippen molar-refractivity contribution < 1.29 is 2.85 Å². The summed E-state index contributed by atoms with van der Waals surface area (Å²) in [5, 5.41) is 0. The van der Waals surface area contributed by atoms with Gasteiger partial charge in [-0.05, 0) is 37.6 Å². The fourth-order valence-electron chi connectivity index (χ4n) is 3.60. The minimum atomic E-state index is 0. The molecule has 0 aromatic heterocycles. The minimum Gasteiger partial charge on any atom is -0.300 e. The van der Waals surface area contributed by atoms with Crippen LogP contribution in [0.5, 0.6) is 0 Å². The molecule has 1 aliphatic carbocycles. The van der Waals surface area contributed by atoms with Gasteiger partial charge in [0.25, 0.3) is 0 Å². The first-order chi connectivity index (χ1) is 6.36. The highest BCUT2D eigenvalue weighted by Gasteiger charge is 2.40. The summed E-state index contributed by atoms with van der Waals surface area (Å²) in [5.41, 5.74) is 0. The molecule has 1 aliphatic heterocycles. The lowest BCUT2D eigenvalue weighted by Crippen LogP contribution is -2.32. The summed E-state index contributed by atoms with van der Waals surface area (Å²) < 4.78 is 0. The van der Waals surface area contributed by atoms with Crippen LogP contribution in [-0.2, 0) is 0 Å². The van der Waals surface area contributed by atoms with Crippen LogP contribution < -0.4 is 0 Å². The molecule has 0 aromatic rings. The third-order valence-corrected chi connectivity index (χ3v) is 4.22. The van der Waals surface area contributed by atoms with Crippen molar-refractivity contribution in [3.05, 3.63) is 0 Å². The summed E-state index contributed by atoms with van der Waals surface area (Å²) in [6.45, 7) is 7.36. The van der Waals surface area contributed by atoms with Crippen molar-refractivity contribution in [2.45, 2.75) is 52.0 Å². The molecule has 0 N–H and O–H groups in total. The van der Waals surface area contributed by atoms with Gasteiger partial charge in [0.05, 0.1) is 0 Å². The van der Waals surface area contributed by atoms with E-state index < -0.39 is 0 Å². The quantitative estimate of drug-likeness (QED) is 0.637. The third-order valence-electron chi connectivity index (χ3n) is 4.22. The Balaban J connectivity index is 0.000000980. The van der Waals surface area contributed by atoms with Crippen LogP contribution in [0.15, 0.2) is 0 Å². The van der Waals surface area contributed by atoms with Gasteiger partial charge < -0.3 is 4.90 Å². The van der Waals surface area contributed by atoms with Gasteiger partial charge in [0.2, 0.25) is 0 Å².